The summed E-state index contributed by atoms with van der Waals surface area (Å²) >= 11 is 8.10. The van der Waals surface area contributed by atoms with Crippen LogP contribution < -0.4 is 4.74 Å². The van der Waals surface area contributed by atoms with Gasteiger partial charge in [-0.15, -0.1) is 0 Å². The molecule has 1 atom stereocenters. The van der Waals surface area contributed by atoms with E-state index in [0.717, 1.165) is 49.9 Å². The zero-order valence-corrected chi connectivity index (χ0v) is 24.1. The van der Waals surface area contributed by atoms with Crippen molar-refractivity contribution in [1.82, 2.24) is 9.80 Å². The molecule has 1 saturated heterocycles. The van der Waals surface area contributed by atoms with Gasteiger partial charge in [0.25, 0.3) is 20.2 Å². The van der Waals surface area contributed by atoms with Gasteiger partial charge in [0.15, 0.2) is 0 Å². The number of benzene rings is 2. The van der Waals surface area contributed by atoms with Crippen molar-refractivity contribution in [2.24, 2.45) is 0 Å². The van der Waals surface area contributed by atoms with E-state index in [1.54, 1.807) is 18.9 Å². The maximum Gasteiger partial charge on any atom is 0.261 e. The lowest BCUT2D eigenvalue weighted by molar-refractivity contribution is 0.0822. The van der Waals surface area contributed by atoms with Crippen molar-refractivity contribution in [2.45, 2.75) is 22.3 Å². The smallest absolute Gasteiger partial charge is 0.261 e. The van der Waals surface area contributed by atoms with Crippen molar-refractivity contribution in [1.29, 1.82) is 0 Å². The fraction of sp³-hybridized carbons (Fsp3) is 0.478. The van der Waals surface area contributed by atoms with Crippen LogP contribution in [0.2, 0.25) is 5.02 Å². The van der Waals surface area contributed by atoms with Crippen molar-refractivity contribution in [3.63, 3.8) is 0 Å². The zero-order chi connectivity index (χ0) is 27.8. The lowest BCUT2D eigenvalue weighted by Crippen LogP contribution is -2.48. The van der Waals surface area contributed by atoms with Crippen molar-refractivity contribution < 1.29 is 35.8 Å². The molecule has 14 heteroatoms. The molecule has 3 N–H and O–H groups in total. The van der Waals surface area contributed by atoms with Gasteiger partial charge in [0.05, 0.1) is 31.1 Å². The number of halogens is 1. The number of rotatable bonds is 4. The van der Waals surface area contributed by atoms with Crippen LogP contribution >= 0.6 is 23.4 Å². The highest BCUT2D eigenvalue weighted by Gasteiger charge is 2.31. The first-order chi connectivity index (χ1) is 17.2. The lowest BCUT2D eigenvalue weighted by Gasteiger charge is -2.39. The molecule has 0 aliphatic carbocycles. The van der Waals surface area contributed by atoms with E-state index in [2.05, 4.69) is 34.1 Å². The molecule has 0 bridgehead atoms. The molecule has 37 heavy (non-hydrogen) atoms. The third-order valence-electron chi connectivity index (χ3n) is 5.50. The summed E-state index contributed by atoms with van der Waals surface area (Å²) in [5.74, 6) is 0.934. The molecule has 0 spiro atoms. The van der Waals surface area contributed by atoms with Gasteiger partial charge in [-0.1, -0.05) is 35.5 Å². The highest BCUT2D eigenvalue weighted by molar-refractivity contribution is 7.99. The van der Waals surface area contributed by atoms with Gasteiger partial charge >= 0.3 is 0 Å². The Hall–Kier alpha value is -1.42. The number of ether oxygens (including phenoxy) is 1. The average Bonchev–Trinajstić information content (AvgIpc) is 2.94. The Morgan fingerprint density at radius 3 is 2.16 bits per heavy atom. The highest BCUT2D eigenvalue weighted by Crippen LogP contribution is 2.47. The average molecular weight is 597 g/mol. The quantitative estimate of drug-likeness (QED) is 0.448. The number of fused-ring (bicyclic) bond motifs is 2. The highest BCUT2D eigenvalue weighted by atomic mass is 35.5. The molecule has 0 aromatic heterocycles. The van der Waals surface area contributed by atoms with E-state index in [4.69, 9.17) is 25.4 Å². The van der Waals surface area contributed by atoms with Gasteiger partial charge in [-0.3, -0.25) is 18.9 Å². The van der Waals surface area contributed by atoms with E-state index in [1.807, 2.05) is 12.1 Å². The van der Waals surface area contributed by atoms with E-state index < -0.39 is 20.2 Å². The molecule has 0 radical (unpaired) electrons. The second-order valence-electron chi connectivity index (χ2n) is 8.52. The van der Waals surface area contributed by atoms with E-state index in [-0.39, 0.29) is 6.61 Å². The number of piperazine rings is 1. The van der Waals surface area contributed by atoms with Gasteiger partial charge < -0.3 is 9.84 Å². The Kier molecular flexibility index (Phi) is 12.1. The molecule has 4 rings (SSSR count). The maximum absolute atomic E-state index is 9.21. The molecular weight excluding hydrogens is 564 g/mol. The maximum atomic E-state index is 9.21. The summed E-state index contributed by atoms with van der Waals surface area (Å²) in [5, 5.41) is 10.00. The molecule has 208 valence electrons. The summed E-state index contributed by atoms with van der Waals surface area (Å²) in [5.41, 5.74) is 2.64. The Bertz CT molecular complexity index is 1200. The second-order valence-corrected chi connectivity index (χ2v) is 12.9. The van der Waals surface area contributed by atoms with Gasteiger partial charge in [0.2, 0.25) is 0 Å². The topological polar surface area (TPSA) is 145 Å². The standard InChI is InChI=1S/C21H25ClN2O2S.2CH4O3S/c1-26-19-4-2-3-17-18(24-9-7-23(8-10-24)11-12-25)14-15-13-16(22)5-6-20(15)27-21(17)19;2*1-5(2,3)4/h2-6,13,18,25H,7-12,14H2,1H3;2*1H3,(H,2,3,4). The van der Waals surface area contributed by atoms with E-state index in [9.17, 15) is 21.9 Å². The van der Waals surface area contributed by atoms with Crippen LogP contribution in [0, 0.1) is 0 Å². The molecule has 2 aliphatic heterocycles. The van der Waals surface area contributed by atoms with Gasteiger partial charge in [-0.2, -0.15) is 16.8 Å². The van der Waals surface area contributed by atoms with Crippen molar-refractivity contribution in [3.05, 3.63) is 52.5 Å². The van der Waals surface area contributed by atoms with Gasteiger partial charge in [-0.25, -0.2) is 0 Å². The van der Waals surface area contributed by atoms with Crippen LogP contribution in [0.5, 0.6) is 5.75 Å². The van der Waals surface area contributed by atoms with E-state index >= 15 is 0 Å². The molecule has 10 nitrogen and oxygen atoms in total. The van der Waals surface area contributed by atoms with Crippen LogP contribution in [0.3, 0.4) is 0 Å². The SMILES string of the molecule is COc1cccc2c1Sc1ccc(Cl)cc1CC2N1CCN(CCO)CC1.CS(=O)(=O)O.CS(=O)(=O)O. The van der Waals surface area contributed by atoms with Crippen LogP contribution in [0.25, 0.3) is 0 Å². The summed E-state index contributed by atoms with van der Waals surface area (Å²) in [6.07, 6.45) is 2.38. The van der Waals surface area contributed by atoms with Crippen LogP contribution in [0.4, 0.5) is 0 Å². The van der Waals surface area contributed by atoms with Crippen LogP contribution in [-0.2, 0) is 26.7 Å². The zero-order valence-electron chi connectivity index (χ0n) is 20.9. The Balaban J connectivity index is 0.000000412. The fourth-order valence-electron chi connectivity index (χ4n) is 4.07. The van der Waals surface area contributed by atoms with E-state index in [0.29, 0.717) is 18.6 Å². The molecule has 0 saturated carbocycles. The predicted octanol–water partition coefficient (Wildman–Crippen LogP) is 2.71. The number of β-amino-alcohol motifs (C(OH)–C–C–N with tert-alkyl or cyclic N) is 1. The van der Waals surface area contributed by atoms with Gasteiger partial charge in [0, 0.05) is 48.7 Å². The summed E-state index contributed by atoms with van der Waals surface area (Å²) in [7, 11) is -5.59. The minimum absolute atomic E-state index is 0.228. The number of nitrogens with zero attached hydrogens (tertiary/aromatic N) is 2. The lowest BCUT2D eigenvalue weighted by atomic mass is 9.96. The number of aliphatic hydroxyl groups excluding tert-OH is 1. The van der Waals surface area contributed by atoms with Crippen LogP contribution in [0.1, 0.15) is 17.2 Å². The fourth-order valence-corrected chi connectivity index (χ4v) is 5.46. The molecule has 2 aliphatic rings. The number of aliphatic hydroxyl groups is 1. The Labute approximate surface area is 228 Å². The molecular formula is C23H33ClN2O8S3. The number of methoxy groups -OCH3 is 1. The predicted molar refractivity (Wildman–Crippen MR) is 145 cm³/mol. The molecule has 2 aromatic carbocycles. The summed E-state index contributed by atoms with van der Waals surface area (Å²) < 4.78 is 57.4. The minimum atomic E-state index is -3.67. The van der Waals surface area contributed by atoms with Crippen molar-refractivity contribution in [3.8, 4) is 5.75 Å². The second kappa shape index (κ2) is 14.1. The summed E-state index contributed by atoms with van der Waals surface area (Å²) in [6.45, 7) is 4.98. The molecule has 2 heterocycles. The summed E-state index contributed by atoms with van der Waals surface area (Å²) in [4.78, 5) is 7.37. The Morgan fingerprint density at radius 2 is 1.62 bits per heavy atom. The first-order valence-electron chi connectivity index (χ1n) is 11.2. The third-order valence-corrected chi connectivity index (χ3v) is 6.99. The third kappa shape index (κ3) is 11.5. The largest absolute Gasteiger partial charge is 0.496 e. The van der Waals surface area contributed by atoms with Crippen molar-refractivity contribution >= 4 is 43.6 Å². The van der Waals surface area contributed by atoms with Gasteiger partial charge in [-0.05, 0) is 41.8 Å². The molecule has 0 amide bonds. The van der Waals surface area contributed by atoms with E-state index in [1.165, 1.54) is 20.9 Å². The molecule has 1 fully saturated rings. The van der Waals surface area contributed by atoms with Gasteiger partial charge in [0.1, 0.15) is 5.75 Å². The molecule has 1 unspecified atom stereocenters. The normalized spacial score (nSPS) is 18.2. The van der Waals surface area contributed by atoms with Crippen LogP contribution in [-0.4, -0.2) is 99.8 Å². The molecule has 2 aromatic rings. The Morgan fingerprint density at radius 1 is 1.03 bits per heavy atom. The monoisotopic (exact) mass is 596 g/mol. The first kappa shape index (κ1) is 31.8. The summed E-state index contributed by atoms with van der Waals surface area (Å²) in [6, 6.07) is 12.9. The van der Waals surface area contributed by atoms with Crippen LogP contribution in [0.15, 0.2) is 46.2 Å². The number of hydrogen-bond donors (Lipinski definition) is 3. The minimum Gasteiger partial charge on any atom is -0.496 e. The number of hydrogen-bond acceptors (Lipinski definition) is 9. The first-order valence-corrected chi connectivity index (χ1v) is 16.1. The van der Waals surface area contributed by atoms with Crippen molar-refractivity contribution in [2.75, 3.05) is 59.0 Å².